The number of aliphatic hydroxyl groups is 1. The number of rotatable bonds is 4. The first-order chi connectivity index (χ1) is 7.79. The predicted octanol–water partition coefficient (Wildman–Crippen LogP) is 1.21. The molecule has 0 aliphatic carbocycles. The molecule has 0 amide bonds. The Morgan fingerprint density at radius 3 is 2.41 bits per heavy atom. The highest BCUT2D eigenvalue weighted by molar-refractivity contribution is 5.66. The first-order valence-electron chi connectivity index (χ1n) is 5.57. The summed E-state index contributed by atoms with van der Waals surface area (Å²) in [7, 11) is 0. The van der Waals surface area contributed by atoms with Crippen LogP contribution in [0.4, 0.5) is 0 Å². The molecular formula is C12H20O5. The number of carbonyl (C=O) groups excluding carboxylic acids is 1. The van der Waals surface area contributed by atoms with Gasteiger partial charge in [-0.3, -0.25) is 4.79 Å². The van der Waals surface area contributed by atoms with E-state index < -0.39 is 11.7 Å². The van der Waals surface area contributed by atoms with Crippen LogP contribution in [0.2, 0.25) is 0 Å². The number of hydrogen-bond acceptors (Lipinski definition) is 5. The zero-order valence-corrected chi connectivity index (χ0v) is 10.7. The lowest BCUT2D eigenvalue weighted by molar-refractivity contribution is -0.294. The van der Waals surface area contributed by atoms with E-state index in [1.807, 2.05) is 6.92 Å². The lowest BCUT2D eigenvalue weighted by Crippen LogP contribution is -2.46. The van der Waals surface area contributed by atoms with E-state index in [0.29, 0.717) is 0 Å². The van der Waals surface area contributed by atoms with Crippen LogP contribution in [0.3, 0.4) is 0 Å². The Bertz CT molecular complexity index is 310. The topological polar surface area (TPSA) is 65.0 Å². The monoisotopic (exact) mass is 244 g/mol. The number of esters is 1. The van der Waals surface area contributed by atoms with E-state index in [2.05, 4.69) is 6.58 Å². The van der Waals surface area contributed by atoms with Gasteiger partial charge in [0.1, 0.15) is 17.8 Å². The summed E-state index contributed by atoms with van der Waals surface area (Å²) >= 11 is 0. The molecule has 5 nitrogen and oxygen atoms in total. The summed E-state index contributed by atoms with van der Waals surface area (Å²) in [6, 6.07) is 0. The van der Waals surface area contributed by atoms with Crippen molar-refractivity contribution in [1.82, 2.24) is 0 Å². The predicted molar refractivity (Wildman–Crippen MR) is 61.0 cm³/mol. The molecule has 0 radical (unpaired) electrons. The van der Waals surface area contributed by atoms with Crippen LogP contribution < -0.4 is 0 Å². The molecule has 5 heteroatoms. The van der Waals surface area contributed by atoms with E-state index in [1.54, 1.807) is 13.8 Å². The van der Waals surface area contributed by atoms with Gasteiger partial charge in [0.05, 0.1) is 12.5 Å². The molecule has 1 aliphatic heterocycles. The van der Waals surface area contributed by atoms with Crippen LogP contribution in [0.1, 0.15) is 27.7 Å². The molecule has 1 N–H and O–H groups in total. The molecule has 0 bridgehead atoms. The van der Waals surface area contributed by atoms with Gasteiger partial charge in [0.2, 0.25) is 0 Å². The highest BCUT2D eigenvalue weighted by Gasteiger charge is 2.50. The van der Waals surface area contributed by atoms with Gasteiger partial charge in [-0.15, -0.1) is 0 Å². The van der Waals surface area contributed by atoms with Gasteiger partial charge < -0.3 is 9.84 Å². The molecule has 0 aromatic carbocycles. The van der Waals surface area contributed by atoms with Crippen LogP contribution in [0.25, 0.3) is 0 Å². The molecule has 3 unspecified atom stereocenters. The molecular weight excluding hydrogens is 224 g/mol. The molecule has 1 rings (SSSR count). The summed E-state index contributed by atoms with van der Waals surface area (Å²) in [4.78, 5) is 21.3. The summed E-state index contributed by atoms with van der Waals surface area (Å²) in [5.41, 5.74) is -0.0227. The molecule has 0 aromatic rings. The second-order valence-electron chi connectivity index (χ2n) is 4.90. The van der Waals surface area contributed by atoms with Crippen molar-refractivity contribution in [1.29, 1.82) is 0 Å². The maximum Gasteiger partial charge on any atom is 0.303 e. The fraction of sp³-hybridized carbons (Fsp3) is 0.750. The van der Waals surface area contributed by atoms with Gasteiger partial charge in [0, 0.05) is 6.92 Å². The van der Waals surface area contributed by atoms with Gasteiger partial charge in [-0.05, 0) is 26.3 Å². The Hall–Kier alpha value is -0.910. The van der Waals surface area contributed by atoms with E-state index >= 15 is 0 Å². The Morgan fingerprint density at radius 2 is 2.00 bits per heavy atom. The van der Waals surface area contributed by atoms with Crippen molar-refractivity contribution in [2.75, 3.05) is 6.61 Å². The van der Waals surface area contributed by atoms with Gasteiger partial charge >= 0.3 is 5.97 Å². The van der Waals surface area contributed by atoms with Crippen molar-refractivity contribution >= 4 is 5.97 Å². The van der Waals surface area contributed by atoms with Crippen molar-refractivity contribution in [3.05, 3.63) is 12.2 Å². The van der Waals surface area contributed by atoms with Crippen molar-refractivity contribution in [3.8, 4) is 0 Å². The maximum atomic E-state index is 11.1. The van der Waals surface area contributed by atoms with Crippen molar-refractivity contribution in [2.24, 2.45) is 5.92 Å². The van der Waals surface area contributed by atoms with E-state index in [9.17, 15) is 9.90 Å². The normalized spacial score (nSPS) is 29.1. The quantitative estimate of drug-likeness (QED) is 0.457. The minimum Gasteiger partial charge on any atom is -0.459 e. The molecule has 0 aromatic heterocycles. The van der Waals surface area contributed by atoms with E-state index in [0.717, 1.165) is 5.57 Å². The van der Waals surface area contributed by atoms with Crippen LogP contribution in [-0.2, 0) is 19.3 Å². The highest BCUT2D eigenvalue weighted by atomic mass is 17.2. The van der Waals surface area contributed by atoms with E-state index in [4.69, 9.17) is 14.5 Å². The van der Waals surface area contributed by atoms with Gasteiger partial charge in [-0.1, -0.05) is 6.58 Å². The Balaban J connectivity index is 2.94. The van der Waals surface area contributed by atoms with Crippen molar-refractivity contribution in [2.45, 2.75) is 45.5 Å². The average molecular weight is 244 g/mol. The Morgan fingerprint density at radius 1 is 1.41 bits per heavy atom. The summed E-state index contributed by atoms with van der Waals surface area (Å²) < 4.78 is 5.28. The molecule has 1 aliphatic rings. The molecule has 0 spiro atoms. The van der Waals surface area contributed by atoms with Gasteiger partial charge in [-0.25, -0.2) is 9.78 Å². The molecule has 1 fully saturated rings. The van der Waals surface area contributed by atoms with E-state index in [1.165, 1.54) is 6.92 Å². The molecule has 1 saturated heterocycles. The standard InChI is InChI=1S/C12H20O5/c1-7(2)11-10(9(6-13)16-17-11)12(4,5)15-8(3)14/h9-11,13H,1,6H2,2-5H3. The third kappa shape index (κ3) is 3.06. The molecule has 3 atom stereocenters. The Kier molecular flexibility index (Phi) is 4.30. The minimum absolute atomic E-state index is 0.195. The smallest absolute Gasteiger partial charge is 0.303 e. The third-order valence-electron chi connectivity index (χ3n) is 2.88. The fourth-order valence-corrected chi connectivity index (χ4v) is 2.23. The number of ether oxygens (including phenoxy) is 1. The van der Waals surface area contributed by atoms with Crippen LogP contribution in [-0.4, -0.2) is 35.5 Å². The summed E-state index contributed by atoms with van der Waals surface area (Å²) in [5, 5.41) is 9.26. The second kappa shape index (κ2) is 5.16. The highest BCUT2D eigenvalue weighted by Crippen LogP contribution is 2.38. The molecule has 98 valence electrons. The maximum absolute atomic E-state index is 11.1. The van der Waals surface area contributed by atoms with Crippen molar-refractivity contribution < 1.29 is 24.4 Å². The molecule has 1 heterocycles. The van der Waals surface area contributed by atoms with Crippen molar-refractivity contribution in [3.63, 3.8) is 0 Å². The van der Waals surface area contributed by atoms with Crippen LogP contribution in [0.15, 0.2) is 12.2 Å². The molecule has 17 heavy (non-hydrogen) atoms. The Labute approximate surface area is 101 Å². The lowest BCUT2D eigenvalue weighted by atomic mass is 9.80. The SMILES string of the molecule is C=C(C)C1OOC(CO)C1C(C)(C)OC(C)=O. The second-order valence-corrected chi connectivity index (χ2v) is 4.90. The summed E-state index contributed by atoms with van der Waals surface area (Å²) in [5.74, 6) is -0.659. The first-order valence-corrected chi connectivity index (χ1v) is 5.57. The van der Waals surface area contributed by atoms with Crippen LogP contribution >= 0.6 is 0 Å². The van der Waals surface area contributed by atoms with Gasteiger partial charge in [-0.2, -0.15) is 0 Å². The zero-order chi connectivity index (χ0) is 13.2. The average Bonchev–Trinajstić information content (AvgIpc) is 2.59. The number of hydrogen-bond donors (Lipinski definition) is 1. The summed E-state index contributed by atoms with van der Waals surface area (Å²) in [6.07, 6.45) is -0.910. The van der Waals surface area contributed by atoms with Crippen LogP contribution in [0, 0.1) is 5.92 Å². The number of aliphatic hydroxyl groups excluding tert-OH is 1. The largest absolute Gasteiger partial charge is 0.459 e. The van der Waals surface area contributed by atoms with Gasteiger partial charge in [0.15, 0.2) is 0 Å². The fourth-order valence-electron chi connectivity index (χ4n) is 2.23. The number of carbonyl (C=O) groups is 1. The first kappa shape index (κ1) is 14.2. The van der Waals surface area contributed by atoms with Crippen LogP contribution in [0.5, 0.6) is 0 Å². The molecule has 0 saturated carbocycles. The third-order valence-corrected chi connectivity index (χ3v) is 2.88. The lowest BCUT2D eigenvalue weighted by Gasteiger charge is -2.34. The van der Waals surface area contributed by atoms with Gasteiger partial charge in [0.25, 0.3) is 0 Å². The minimum atomic E-state index is -0.792. The zero-order valence-electron chi connectivity index (χ0n) is 10.7. The summed E-state index contributed by atoms with van der Waals surface area (Å²) in [6.45, 7) is 10.3. The van der Waals surface area contributed by atoms with E-state index in [-0.39, 0.29) is 24.6 Å².